The molecule has 1 heterocycles. The zero-order chi connectivity index (χ0) is 12.6. The third-order valence-electron chi connectivity index (χ3n) is 4.67. The van der Waals surface area contributed by atoms with E-state index in [0.717, 1.165) is 0 Å². The third-order valence-corrected chi connectivity index (χ3v) is 6.38. The SMILES string of the molecule is CC1(CNC2CCCc3sc(Br)cc32)CCCC1. The Balaban J connectivity index is 1.67. The van der Waals surface area contributed by atoms with Gasteiger partial charge in [0.1, 0.15) is 0 Å². The monoisotopic (exact) mass is 327 g/mol. The quantitative estimate of drug-likeness (QED) is 0.818. The van der Waals surface area contributed by atoms with E-state index in [4.69, 9.17) is 0 Å². The molecule has 100 valence electrons. The highest BCUT2D eigenvalue weighted by atomic mass is 79.9. The molecule has 18 heavy (non-hydrogen) atoms. The molecule has 1 nitrogen and oxygen atoms in total. The smallest absolute Gasteiger partial charge is 0.0704 e. The van der Waals surface area contributed by atoms with Crippen LogP contribution in [0.1, 0.15) is 61.9 Å². The Morgan fingerprint density at radius 3 is 2.94 bits per heavy atom. The molecule has 1 saturated carbocycles. The normalized spacial score (nSPS) is 26.2. The van der Waals surface area contributed by atoms with Crippen molar-refractivity contribution in [2.75, 3.05) is 6.54 Å². The molecule has 3 rings (SSSR count). The van der Waals surface area contributed by atoms with Crippen molar-refractivity contribution in [1.82, 2.24) is 5.32 Å². The van der Waals surface area contributed by atoms with Crippen LogP contribution in [-0.2, 0) is 6.42 Å². The van der Waals surface area contributed by atoms with Gasteiger partial charge in [-0.05, 0) is 65.1 Å². The minimum absolute atomic E-state index is 0.560. The van der Waals surface area contributed by atoms with Crippen molar-refractivity contribution in [1.29, 1.82) is 0 Å². The van der Waals surface area contributed by atoms with Crippen LogP contribution in [0.3, 0.4) is 0 Å². The molecule has 2 aliphatic rings. The van der Waals surface area contributed by atoms with Gasteiger partial charge in [-0.15, -0.1) is 11.3 Å². The van der Waals surface area contributed by atoms with Gasteiger partial charge in [-0.2, -0.15) is 0 Å². The van der Waals surface area contributed by atoms with Crippen LogP contribution in [-0.4, -0.2) is 6.54 Å². The molecular formula is C15H22BrNS. The molecule has 1 N–H and O–H groups in total. The van der Waals surface area contributed by atoms with Crippen LogP contribution < -0.4 is 5.32 Å². The van der Waals surface area contributed by atoms with Gasteiger partial charge in [0.25, 0.3) is 0 Å². The minimum atomic E-state index is 0.560. The second kappa shape index (κ2) is 5.26. The minimum Gasteiger partial charge on any atom is -0.309 e. The Labute approximate surface area is 122 Å². The zero-order valence-corrected chi connectivity index (χ0v) is 13.5. The summed E-state index contributed by atoms with van der Waals surface area (Å²) in [6.45, 7) is 3.66. The van der Waals surface area contributed by atoms with E-state index in [2.05, 4.69) is 34.2 Å². The highest BCUT2D eigenvalue weighted by Gasteiger charge is 2.30. The Hall–Kier alpha value is 0.140. The molecule has 1 fully saturated rings. The number of hydrogen-bond donors (Lipinski definition) is 1. The topological polar surface area (TPSA) is 12.0 Å². The summed E-state index contributed by atoms with van der Waals surface area (Å²) in [5.74, 6) is 0. The number of halogens is 1. The van der Waals surface area contributed by atoms with Gasteiger partial charge in [0.2, 0.25) is 0 Å². The van der Waals surface area contributed by atoms with Crippen LogP contribution in [0.4, 0.5) is 0 Å². The summed E-state index contributed by atoms with van der Waals surface area (Å²) in [6, 6.07) is 2.95. The Bertz CT molecular complexity index is 420. The van der Waals surface area contributed by atoms with Gasteiger partial charge in [0.15, 0.2) is 0 Å². The van der Waals surface area contributed by atoms with E-state index in [0.29, 0.717) is 11.5 Å². The molecule has 0 amide bonds. The maximum Gasteiger partial charge on any atom is 0.0704 e. The van der Waals surface area contributed by atoms with Crippen molar-refractivity contribution in [3.8, 4) is 0 Å². The van der Waals surface area contributed by atoms with Crippen molar-refractivity contribution >= 4 is 27.3 Å². The average Bonchev–Trinajstić information content (AvgIpc) is 2.92. The third kappa shape index (κ3) is 2.68. The lowest BCUT2D eigenvalue weighted by Gasteiger charge is -2.30. The maximum atomic E-state index is 3.86. The largest absolute Gasteiger partial charge is 0.309 e. The summed E-state index contributed by atoms with van der Waals surface area (Å²) in [7, 11) is 0. The summed E-state index contributed by atoms with van der Waals surface area (Å²) in [6.07, 6.45) is 9.61. The number of rotatable bonds is 3. The van der Waals surface area contributed by atoms with Gasteiger partial charge < -0.3 is 5.32 Å². The molecule has 1 unspecified atom stereocenters. The molecule has 0 spiro atoms. The van der Waals surface area contributed by atoms with Crippen molar-refractivity contribution in [2.24, 2.45) is 5.41 Å². The van der Waals surface area contributed by atoms with Gasteiger partial charge >= 0.3 is 0 Å². The van der Waals surface area contributed by atoms with Crippen LogP contribution in [0, 0.1) is 5.41 Å². The number of aryl methyl sites for hydroxylation is 1. The van der Waals surface area contributed by atoms with Crippen molar-refractivity contribution in [3.63, 3.8) is 0 Å². The Morgan fingerprint density at radius 1 is 1.39 bits per heavy atom. The fraction of sp³-hybridized carbons (Fsp3) is 0.733. The summed E-state index contributed by atoms with van der Waals surface area (Å²) < 4.78 is 1.30. The highest BCUT2D eigenvalue weighted by Crippen LogP contribution is 2.40. The average molecular weight is 328 g/mol. The first-order valence-corrected chi connectivity index (χ1v) is 8.79. The molecule has 0 bridgehead atoms. The lowest BCUT2D eigenvalue weighted by molar-refractivity contribution is 0.289. The van der Waals surface area contributed by atoms with Crippen molar-refractivity contribution < 1.29 is 0 Å². The number of nitrogens with one attached hydrogen (secondary N) is 1. The van der Waals surface area contributed by atoms with E-state index >= 15 is 0 Å². The first-order chi connectivity index (χ1) is 8.66. The lowest BCUT2D eigenvalue weighted by atomic mass is 9.87. The van der Waals surface area contributed by atoms with Crippen molar-refractivity contribution in [2.45, 2.75) is 57.9 Å². The van der Waals surface area contributed by atoms with Gasteiger partial charge in [0.05, 0.1) is 3.79 Å². The molecule has 1 aromatic rings. The molecule has 3 heteroatoms. The zero-order valence-electron chi connectivity index (χ0n) is 11.1. The predicted molar refractivity (Wildman–Crippen MR) is 82.3 cm³/mol. The molecule has 0 aromatic carbocycles. The molecule has 0 radical (unpaired) electrons. The Kier molecular flexibility index (Phi) is 3.84. The fourth-order valence-corrected chi connectivity index (χ4v) is 5.33. The van der Waals surface area contributed by atoms with E-state index in [-0.39, 0.29) is 0 Å². The Morgan fingerprint density at radius 2 is 2.17 bits per heavy atom. The van der Waals surface area contributed by atoms with E-state index in [1.807, 2.05) is 11.3 Å². The van der Waals surface area contributed by atoms with Gasteiger partial charge in [-0.1, -0.05) is 19.8 Å². The first kappa shape index (κ1) is 13.1. The highest BCUT2D eigenvalue weighted by molar-refractivity contribution is 9.11. The number of thiophene rings is 1. The van der Waals surface area contributed by atoms with Gasteiger partial charge in [-0.25, -0.2) is 0 Å². The molecular weight excluding hydrogens is 306 g/mol. The maximum absolute atomic E-state index is 3.86. The standard InChI is InChI=1S/C15H22BrNS/c1-15(7-2-3-8-15)10-17-12-5-4-6-13-11(12)9-14(16)18-13/h9,12,17H,2-8,10H2,1H3. The van der Waals surface area contributed by atoms with E-state index in [1.165, 1.54) is 55.3 Å². The lowest BCUT2D eigenvalue weighted by Crippen LogP contribution is -2.33. The van der Waals surface area contributed by atoms with Crippen LogP contribution in [0.15, 0.2) is 9.85 Å². The summed E-state index contributed by atoms with van der Waals surface area (Å²) >= 11 is 5.57. The van der Waals surface area contributed by atoms with Crippen LogP contribution >= 0.6 is 27.3 Å². The molecule has 0 aliphatic heterocycles. The molecule has 2 aliphatic carbocycles. The van der Waals surface area contributed by atoms with Gasteiger partial charge in [-0.3, -0.25) is 0 Å². The molecule has 1 atom stereocenters. The van der Waals surface area contributed by atoms with E-state index in [1.54, 1.807) is 10.4 Å². The van der Waals surface area contributed by atoms with E-state index < -0.39 is 0 Å². The second-order valence-corrected chi connectivity index (χ2v) is 8.79. The summed E-state index contributed by atoms with van der Waals surface area (Å²) in [4.78, 5) is 1.60. The molecule has 0 saturated heterocycles. The van der Waals surface area contributed by atoms with Gasteiger partial charge in [0, 0.05) is 17.5 Å². The van der Waals surface area contributed by atoms with Crippen molar-refractivity contribution in [3.05, 3.63) is 20.3 Å². The van der Waals surface area contributed by atoms with Crippen LogP contribution in [0.2, 0.25) is 0 Å². The number of fused-ring (bicyclic) bond motifs is 1. The summed E-state index contributed by atoms with van der Waals surface area (Å²) in [5, 5.41) is 3.86. The van der Waals surface area contributed by atoms with Crippen LogP contribution in [0.25, 0.3) is 0 Å². The summed E-state index contributed by atoms with van der Waals surface area (Å²) in [5.41, 5.74) is 2.13. The predicted octanol–water partition coefficient (Wildman–Crippen LogP) is 5.06. The van der Waals surface area contributed by atoms with E-state index in [9.17, 15) is 0 Å². The second-order valence-electron chi connectivity index (χ2n) is 6.27. The first-order valence-electron chi connectivity index (χ1n) is 7.18. The van der Waals surface area contributed by atoms with Crippen LogP contribution in [0.5, 0.6) is 0 Å². The number of hydrogen-bond acceptors (Lipinski definition) is 2. The fourth-order valence-electron chi connectivity index (χ4n) is 3.51. The molecule has 1 aromatic heterocycles.